The highest BCUT2D eigenvalue weighted by molar-refractivity contribution is 6.05. The quantitative estimate of drug-likeness (QED) is 0.397. The van der Waals surface area contributed by atoms with E-state index in [2.05, 4.69) is 0 Å². The zero-order chi connectivity index (χ0) is 22.3. The first kappa shape index (κ1) is 20.5. The molecule has 0 saturated heterocycles. The van der Waals surface area contributed by atoms with Gasteiger partial charge in [-0.1, -0.05) is 32.0 Å². The van der Waals surface area contributed by atoms with Gasteiger partial charge in [0.25, 0.3) is 0 Å². The number of benzene rings is 3. The minimum Gasteiger partial charge on any atom is -0.508 e. The number of halogens is 1. The standard InChI is InChI=1S/C26H22FNO3/c1-14(2)24-23(18-8-11-22(27)15(3)12-18)20-10-9-19(29)13-21(20)25(28-24)16-4-6-17(7-5-16)26(30)31/h4-14,29H,1-3H3,(H,30,31). The van der Waals surface area contributed by atoms with Crippen molar-refractivity contribution >= 4 is 16.7 Å². The predicted molar refractivity (Wildman–Crippen MR) is 120 cm³/mol. The molecule has 4 rings (SSSR count). The van der Waals surface area contributed by atoms with Gasteiger partial charge in [-0.05, 0) is 71.8 Å². The van der Waals surface area contributed by atoms with Gasteiger partial charge >= 0.3 is 5.97 Å². The fourth-order valence-corrected chi connectivity index (χ4v) is 3.83. The molecule has 1 aromatic heterocycles. The first-order valence-corrected chi connectivity index (χ1v) is 10.0. The lowest BCUT2D eigenvalue weighted by Gasteiger charge is -2.19. The Morgan fingerprint density at radius 1 is 0.935 bits per heavy atom. The molecule has 0 fully saturated rings. The van der Waals surface area contributed by atoms with E-state index in [0.29, 0.717) is 11.3 Å². The molecule has 0 bridgehead atoms. The Balaban J connectivity index is 2.06. The van der Waals surface area contributed by atoms with Crippen LogP contribution in [0.4, 0.5) is 4.39 Å². The molecule has 0 atom stereocenters. The number of aromatic nitrogens is 1. The van der Waals surface area contributed by atoms with Crippen molar-refractivity contribution in [1.82, 2.24) is 4.98 Å². The van der Waals surface area contributed by atoms with Crippen LogP contribution in [0.2, 0.25) is 0 Å². The van der Waals surface area contributed by atoms with Gasteiger partial charge in [0, 0.05) is 16.5 Å². The zero-order valence-corrected chi connectivity index (χ0v) is 17.5. The molecule has 0 aliphatic heterocycles. The summed E-state index contributed by atoms with van der Waals surface area (Å²) in [7, 11) is 0. The average molecular weight is 415 g/mol. The van der Waals surface area contributed by atoms with E-state index in [-0.39, 0.29) is 23.0 Å². The van der Waals surface area contributed by atoms with Crippen LogP contribution in [0.15, 0.2) is 60.7 Å². The number of fused-ring (bicyclic) bond motifs is 1. The first-order chi connectivity index (χ1) is 14.8. The van der Waals surface area contributed by atoms with Gasteiger partial charge in [-0.2, -0.15) is 0 Å². The monoisotopic (exact) mass is 415 g/mol. The normalized spacial score (nSPS) is 11.3. The minimum absolute atomic E-state index is 0.0793. The van der Waals surface area contributed by atoms with Crippen LogP contribution in [-0.4, -0.2) is 21.2 Å². The van der Waals surface area contributed by atoms with E-state index in [1.54, 1.807) is 49.4 Å². The Labute approximate surface area is 179 Å². The molecule has 31 heavy (non-hydrogen) atoms. The third kappa shape index (κ3) is 3.75. The molecule has 0 spiro atoms. The third-order valence-electron chi connectivity index (χ3n) is 5.41. The van der Waals surface area contributed by atoms with Crippen LogP contribution in [0.1, 0.15) is 41.4 Å². The van der Waals surface area contributed by atoms with Gasteiger partial charge in [0.2, 0.25) is 0 Å². The maximum absolute atomic E-state index is 13.9. The first-order valence-electron chi connectivity index (χ1n) is 10.0. The summed E-state index contributed by atoms with van der Waals surface area (Å²) < 4.78 is 13.9. The molecule has 0 aliphatic rings. The maximum atomic E-state index is 13.9. The molecule has 5 heteroatoms. The summed E-state index contributed by atoms with van der Waals surface area (Å²) in [5.74, 6) is -1.07. The molecular weight excluding hydrogens is 393 g/mol. The van der Waals surface area contributed by atoms with E-state index in [1.165, 1.54) is 6.07 Å². The van der Waals surface area contributed by atoms with Gasteiger partial charge in [-0.3, -0.25) is 4.98 Å². The summed E-state index contributed by atoms with van der Waals surface area (Å²) in [5, 5.41) is 21.0. The van der Waals surface area contributed by atoms with E-state index >= 15 is 0 Å². The molecule has 3 aromatic carbocycles. The summed E-state index contributed by atoms with van der Waals surface area (Å²) in [6.07, 6.45) is 0. The summed E-state index contributed by atoms with van der Waals surface area (Å²) in [6, 6.07) is 16.7. The van der Waals surface area contributed by atoms with E-state index in [0.717, 1.165) is 33.2 Å². The van der Waals surface area contributed by atoms with Crippen molar-refractivity contribution in [2.45, 2.75) is 26.7 Å². The number of aromatic carboxylic acids is 1. The lowest BCUT2D eigenvalue weighted by Crippen LogP contribution is -2.02. The molecule has 0 unspecified atom stereocenters. The van der Waals surface area contributed by atoms with Crippen molar-refractivity contribution in [3.05, 3.63) is 83.3 Å². The van der Waals surface area contributed by atoms with Crippen molar-refractivity contribution < 1.29 is 19.4 Å². The molecule has 0 amide bonds. The topological polar surface area (TPSA) is 70.4 Å². The van der Waals surface area contributed by atoms with E-state index in [4.69, 9.17) is 4.98 Å². The zero-order valence-electron chi connectivity index (χ0n) is 17.5. The average Bonchev–Trinajstić information content (AvgIpc) is 2.74. The smallest absolute Gasteiger partial charge is 0.335 e. The van der Waals surface area contributed by atoms with Crippen LogP contribution in [0.25, 0.3) is 33.2 Å². The number of phenolic OH excluding ortho intramolecular Hbond substituents is 1. The fourth-order valence-electron chi connectivity index (χ4n) is 3.83. The summed E-state index contributed by atoms with van der Waals surface area (Å²) in [6.45, 7) is 5.82. The van der Waals surface area contributed by atoms with Crippen LogP contribution in [0.3, 0.4) is 0 Å². The molecule has 4 aromatic rings. The minimum atomic E-state index is -0.994. The van der Waals surface area contributed by atoms with Gasteiger partial charge in [-0.25, -0.2) is 9.18 Å². The van der Waals surface area contributed by atoms with Crippen molar-refractivity contribution in [1.29, 1.82) is 0 Å². The number of carbonyl (C=O) groups is 1. The number of hydrogen-bond acceptors (Lipinski definition) is 3. The molecule has 156 valence electrons. The fraction of sp³-hybridized carbons (Fsp3) is 0.154. The van der Waals surface area contributed by atoms with Crippen molar-refractivity contribution in [3.8, 4) is 28.1 Å². The lowest BCUT2D eigenvalue weighted by molar-refractivity contribution is 0.0697. The number of carboxylic acid groups (broad SMARTS) is 1. The summed E-state index contributed by atoms with van der Waals surface area (Å²) in [4.78, 5) is 16.2. The van der Waals surface area contributed by atoms with E-state index in [1.807, 2.05) is 26.0 Å². The molecule has 0 radical (unpaired) electrons. The van der Waals surface area contributed by atoms with Crippen molar-refractivity contribution in [3.63, 3.8) is 0 Å². The van der Waals surface area contributed by atoms with Crippen LogP contribution in [0, 0.1) is 12.7 Å². The second-order valence-electron chi connectivity index (χ2n) is 7.95. The SMILES string of the molecule is Cc1cc(-c2c(C(C)C)nc(-c3ccc(C(=O)O)cc3)c3cc(O)ccc23)ccc1F. The van der Waals surface area contributed by atoms with Crippen LogP contribution in [-0.2, 0) is 0 Å². The summed E-state index contributed by atoms with van der Waals surface area (Å²) >= 11 is 0. The molecule has 0 saturated carbocycles. The predicted octanol–water partition coefficient (Wildman–Crippen LogP) is 6.54. The Bertz CT molecular complexity index is 1310. The van der Waals surface area contributed by atoms with Crippen molar-refractivity contribution in [2.75, 3.05) is 0 Å². The van der Waals surface area contributed by atoms with E-state index < -0.39 is 5.97 Å². The largest absolute Gasteiger partial charge is 0.508 e. The highest BCUT2D eigenvalue weighted by Gasteiger charge is 2.20. The van der Waals surface area contributed by atoms with Gasteiger partial charge in [0.05, 0.1) is 17.0 Å². The molecule has 1 heterocycles. The number of aryl methyl sites for hydroxylation is 1. The number of pyridine rings is 1. The summed E-state index contributed by atoms with van der Waals surface area (Å²) in [5.41, 5.74) is 4.77. The molecule has 0 aliphatic carbocycles. The highest BCUT2D eigenvalue weighted by atomic mass is 19.1. The number of rotatable bonds is 4. The molecule has 2 N–H and O–H groups in total. The Kier molecular flexibility index (Phi) is 5.19. The van der Waals surface area contributed by atoms with Gasteiger partial charge < -0.3 is 10.2 Å². The Morgan fingerprint density at radius 3 is 2.23 bits per heavy atom. The maximum Gasteiger partial charge on any atom is 0.335 e. The van der Waals surface area contributed by atoms with Gasteiger partial charge in [0.1, 0.15) is 11.6 Å². The number of phenols is 1. The third-order valence-corrected chi connectivity index (χ3v) is 5.41. The number of hydrogen-bond donors (Lipinski definition) is 2. The second kappa shape index (κ2) is 7.84. The Morgan fingerprint density at radius 2 is 1.61 bits per heavy atom. The van der Waals surface area contributed by atoms with Gasteiger partial charge in [-0.15, -0.1) is 0 Å². The van der Waals surface area contributed by atoms with Crippen LogP contribution >= 0.6 is 0 Å². The molecule has 4 nitrogen and oxygen atoms in total. The lowest BCUT2D eigenvalue weighted by atomic mass is 9.89. The van der Waals surface area contributed by atoms with Crippen LogP contribution in [0.5, 0.6) is 5.75 Å². The van der Waals surface area contributed by atoms with Crippen molar-refractivity contribution in [2.24, 2.45) is 0 Å². The highest BCUT2D eigenvalue weighted by Crippen LogP contribution is 2.40. The number of aromatic hydroxyl groups is 1. The Hall–Kier alpha value is -3.73. The molecular formula is C26H22FNO3. The number of carboxylic acids is 1. The van der Waals surface area contributed by atoms with Gasteiger partial charge in [0.15, 0.2) is 0 Å². The number of nitrogens with zero attached hydrogens (tertiary/aromatic N) is 1. The second-order valence-corrected chi connectivity index (χ2v) is 7.95. The van der Waals surface area contributed by atoms with Crippen LogP contribution < -0.4 is 0 Å². The van der Waals surface area contributed by atoms with E-state index in [9.17, 15) is 19.4 Å².